The molecule has 1 aromatic heterocycles. The molecule has 3 aromatic rings. The smallest absolute Gasteiger partial charge is 0.335 e. The Labute approximate surface area is 149 Å². The largest absolute Gasteiger partial charge is 0.495 e. The van der Waals surface area contributed by atoms with Crippen LogP contribution in [0.2, 0.25) is 0 Å². The predicted octanol–water partition coefficient (Wildman–Crippen LogP) is 4.01. The lowest BCUT2D eigenvalue weighted by Gasteiger charge is -2.10. The Morgan fingerprint density at radius 1 is 1.24 bits per heavy atom. The maximum atomic E-state index is 11.0. The number of aromatic carboxylic acids is 1. The van der Waals surface area contributed by atoms with Gasteiger partial charge in [-0.2, -0.15) is 5.10 Å². The zero-order chi connectivity index (χ0) is 17.8. The fraction of sp³-hybridized carbons (Fsp3) is 0.111. The van der Waals surface area contributed by atoms with Gasteiger partial charge in [0.15, 0.2) is 0 Å². The molecule has 0 unspecified atom stereocenters. The molecular weight excluding hydrogens is 338 g/mol. The number of hydrogen-bond donors (Lipinski definition) is 2. The van der Waals surface area contributed by atoms with Crippen molar-refractivity contribution in [1.82, 2.24) is 9.78 Å². The van der Waals surface area contributed by atoms with Crippen LogP contribution >= 0.6 is 11.9 Å². The second-order valence-corrected chi connectivity index (χ2v) is 6.26. The molecule has 0 saturated heterocycles. The SMILES string of the molecule is COc1cc(C(=O)O)ccc1NSc1cnn(-c2ccc(C)cc2)c1. The van der Waals surface area contributed by atoms with Crippen LogP contribution in [-0.4, -0.2) is 28.0 Å². The predicted molar refractivity (Wildman–Crippen MR) is 97.7 cm³/mol. The van der Waals surface area contributed by atoms with Crippen molar-refractivity contribution in [3.05, 3.63) is 66.0 Å². The van der Waals surface area contributed by atoms with Crippen LogP contribution in [0.4, 0.5) is 5.69 Å². The molecule has 0 spiro atoms. The van der Waals surface area contributed by atoms with Crippen LogP contribution in [0.3, 0.4) is 0 Å². The highest BCUT2D eigenvalue weighted by atomic mass is 32.2. The molecule has 0 aliphatic rings. The highest BCUT2D eigenvalue weighted by molar-refractivity contribution is 8.00. The molecule has 0 fully saturated rings. The van der Waals surface area contributed by atoms with E-state index in [-0.39, 0.29) is 5.56 Å². The molecular formula is C18H17N3O3S. The van der Waals surface area contributed by atoms with Crippen LogP contribution in [0, 0.1) is 6.92 Å². The Morgan fingerprint density at radius 3 is 2.68 bits per heavy atom. The van der Waals surface area contributed by atoms with Gasteiger partial charge in [0.1, 0.15) is 5.75 Å². The summed E-state index contributed by atoms with van der Waals surface area (Å²) in [6.07, 6.45) is 3.68. The standard InChI is InChI=1S/C18H17N3O3S/c1-12-3-6-14(7-4-12)21-11-15(10-19-21)25-20-16-8-5-13(18(22)23)9-17(16)24-2/h3-11,20H,1-2H3,(H,22,23). The van der Waals surface area contributed by atoms with E-state index in [1.807, 2.05) is 37.4 Å². The van der Waals surface area contributed by atoms with Crippen molar-refractivity contribution in [2.24, 2.45) is 0 Å². The quantitative estimate of drug-likeness (QED) is 0.651. The number of hydrogen-bond acceptors (Lipinski definition) is 5. The highest BCUT2D eigenvalue weighted by Gasteiger charge is 2.10. The van der Waals surface area contributed by atoms with E-state index in [2.05, 4.69) is 9.82 Å². The lowest BCUT2D eigenvalue weighted by atomic mass is 10.2. The third kappa shape index (κ3) is 3.95. The van der Waals surface area contributed by atoms with E-state index in [0.717, 1.165) is 10.6 Å². The first-order chi connectivity index (χ1) is 12.1. The Morgan fingerprint density at radius 2 is 2.00 bits per heavy atom. The Bertz CT molecular complexity index is 891. The minimum absolute atomic E-state index is 0.180. The van der Waals surface area contributed by atoms with E-state index in [4.69, 9.17) is 9.84 Å². The summed E-state index contributed by atoms with van der Waals surface area (Å²) >= 11 is 1.38. The summed E-state index contributed by atoms with van der Waals surface area (Å²) in [5.41, 5.74) is 3.06. The van der Waals surface area contributed by atoms with E-state index < -0.39 is 5.97 Å². The molecule has 0 amide bonds. The molecule has 128 valence electrons. The Balaban J connectivity index is 1.72. The van der Waals surface area contributed by atoms with E-state index in [0.29, 0.717) is 11.4 Å². The molecule has 0 saturated carbocycles. The summed E-state index contributed by atoms with van der Waals surface area (Å²) in [5.74, 6) is -0.518. The van der Waals surface area contributed by atoms with Gasteiger partial charge < -0.3 is 14.6 Å². The number of carboxylic acids is 1. The van der Waals surface area contributed by atoms with Crippen molar-refractivity contribution < 1.29 is 14.6 Å². The molecule has 0 radical (unpaired) electrons. The van der Waals surface area contributed by atoms with E-state index in [9.17, 15) is 4.79 Å². The van der Waals surface area contributed by atoms with Crippen LogP contribution < -0.4 is 9.46 Å². The lowest BCUT2D eigenvalue weighted by Crippen LogP contribution is -1.99. The lowest BCUT2D eigenvalue weighted by molar-refractivity contribution is 0.0696. The fourth-order valence-corrected chi connectivity index (χ4v) is 2.87. The average Bonchev–Trinajstić information content (AvgIpc) is 3.09. The summed E-state index contributed by atoms with van der Waals surface area (Å²) in [7, 11) is 1.51. The third-order valence-corrected chi connectivity index (χ3v) is 4.35. The van der Waals surface area contributed by atoms with E-state index >= 15 is 0 Å². The number of benzene rings is 2. The minimum Gasteiger partial charge on any atom is -0.495 e. The number of carboxylic acid groups (broad SMARTS) is 1. The van der Waals surface area contributed by atoms with Crippen LogP contribution in [0.25, 0.3) is 5.69 Å². The van der Waals surface area contributed by atoms with Gasteiger partial charge in [0.05, 0.1) is 35.1 Å². The van der Waals surface area contributed by atoms with Crippen molar-refractivity contribution in [2.45, 2.75) is 11.8 Å². The van der Waals surface area contributed by atoms with Crippen LogP contribution in [0.1, 0.15) is 15.9 Å². The monoisotopic (exact) mass is 355 g/mol. The molecule has 0 aliphatic heterocycles. The fourth-order valence-electron chi connectivity index (χ4n) is 2.22. The number of nitrogens with zero attached hydrogens (tertiary/aromatic N) is 2. The van der Waals surface area contributed by atoms with Gasteiger partial charge >= 0.3 is 5.97 Å². The average molecular weight is 355 g/mol. The number of rotatable bonds is 6. The van der Waals surface area contributed by atoms with Crippen molar-refractivity contribution >= 4 is 23.6 Å². The summed E-state index contributed by atoms with van der Waals surface area (Å²) in [6.45, 7) is 2.04. The zero-order valence-electron chi connectivity index (χ0n) is 13.8. The van der Waals surface area contributed by atoms with Crippen molar-refractivity contribution in [1.29, 1.82) is 0 Å². The first kappa shape index (κ1) is 16.9. The molecule has 1 heterocycles. The zero-order valence-corrected chi connectivity index (χ0v) is 14.6. The second kappa shape index (κ2) is 7.31. The van der Waals surface area contributed by atoms with Gasteiger partial charge in [-0.3, -0.25) is 0 Å². The van der Waals surface area contributed by atoms with Gasteiger partial charge in [-0.15, -0.1) is 0 Å². The van der Waals surface area contributed by atoms with Crippen molar-refractivity contribution in [3.8, 4) is 11.4 Å². The molecule has 7 heteroatoms. The Hall–Kier alpha value is -2.93. The van der Waals surface area contributed by atoms with Gasteiger partial charge in [-0.05, 0) is 49.2 Å². The molecule has 2 N–H and O–H groups in total. The number of carbonyl (C=O) groups is 1. The maximum Gasteiger partial charge on any atom is 0.335 e. The number of methoxy groups -OCH3 is 1. The second-order valence-electron chi connectivity index (χ2n) is 5.38. The molecule has 0 bridgehead atoms. The van der Waals surface area contributed by atoms with Crippen molar-refractivity contribution in [3.63, 3.8) is 0 Å². The number of aryl methyl sites for hydroxylation is 1. The van der Waals surface area contributed by atoms with Crippen LogP contribution in [-0.2, 0) is 0 Å². The normalized spacial score (nSPS) is 10.5. The third-order valence-electron chi connectivity index (χ3n) is 3.58. The number of nitrogens with one attached hydrogen (secondary N) is 1. The van der Waals surface area contributed by atoms with Crippen LogP contribution in [0.5, 0.6) is 5.75 Å². The molecule has 3 rings (SSSR count). The topological polar surface area (TPSA) is 76.4 Å². The first-order valence-electron chi connectivity index (χ1n) is 7.53. The summed E-state index contributed by atoms with van der Waals surface area (Å²) in [6, 6.07) is 12.8. The van der Waals surface area contributed by atoms with Gasteiger partial charge in [-0.1, -0.05) is 17.7 Å². The summed E-state index contributed by atoms with van der Waals surface area (Å²) < 4.78 is 10.2. The van der Waals surface area contributed by atoms with Gasteiger partial charge in [0.2, 0.25) is 0 Å². The van der Waals surface area contributed by atoms with Crippen molar-refractivity contribution in [2.75, 3.05) is 11.8 Å². The molecule has 0 aliphatic carbocycles. The Kier molecular flexibility index (Phi) is 4.95. The summed E-state index contributed by atoms with van der Waals surface area (Å²) in [5, 5.41) is 13.4. The minimum atomic E-state index is -0.989. The van der Waals surface area contributed by atoms with Gasteiger partial charge in [0, 0.05) is 6.20 Å². The molecule has 25 heavy (non-hydrogen) atoms. The van der Waals surface area contributed by atoms with Gasteiger partial charge in [0.25, 0.3) is 0 Å². The number of aromatic nitrogens is 2. The van der Waals surface area contributed by atoms with E-state index in [1.165, 1.54) is 36.8 Å². The number of ether oxygens (including phenoxy) is 1. The molecule has 0 atom stereocenters. The first-order valence-corrected chi connectivity index (χ1v) is 8.34. The molecule has 6 nitrogen and oxygen atoms in total. The summed E-state index contributed by atoms with van der Waals surface area (Å²) in [4.78, 5) is 11.9. The number of anilines is 1. The van der Waals surface area contributed by atoms with Gasteiger partial charge in [-0.25, -0.2) is 9.48 Å². The van der Waals surface area contributed by atoms with Crippen LogP contribution in [0.15, 0.2) is 59.8 Å². The highest BCUT2D eigenvalue weighted by Crippen LogP contribution is 2.30. The van der Waals surface area contributed by atoms with E-state index in [1.54, 1.807) is 16.9 Å². The molecule has 2 aromatic carbocycles. The maximum absolute atomic E-state index is 11.0.